The Hall–Kier alpha value is -2.65. The Morgan fingerprint density at radius 3 is 2.66 bits per heavy atom. The summed E-state index contributed by atoms with van der Waals surface area (Å²) in [4.78, 5) is 29.7. The third-order valence-corrected chi connectivity index (χ3v) is 5.69. The minimum absolute atomic E-state index is 0.166. The number of pyridine rings is 1. The maximum absolute atomic E-state index is 12.3. The molecule has 0 radical (unpaired) electrons. The van der Waals surface area contributed by atoms with Crippen LogP contribution in [-0.4, -0.2) is 47.5 Å². The second-order valence-electron chi connectivity index (χ2n) is 8.19. The quantitative estimate of drug-likeness (QED) is 0.349. The van der Waals surface area contributed by atoms with Gasteiger partial charge in [-0.2, -0.15) is 0 Å². The molecule has 3 rings (SSSR count). The fraction of sp³-hybridized carbons (Fsp3) is 0.450. The molecule has 0 aliphatic heterocycles. The lowest BCUT2D eigenvalue weighted by Gasteiger charge is -2.25. The van der Waals surface area contributed by atoms with Crippen molar-refractivity contribution < 1.29 is 9.63 Å². The van der Waals surface area contributed by atoms with E-state index >= 15 is 0 Å². The Kier molecular flexibility index (Phi) is 6.09. The van der Waals surface area contributed by atoms with Crippen LogP contribution < -0.4 is 10.7 Å². The molecule has 156 valence electrons. The van der Waals surface area contributed by atoms with Crippen molar-refractivity contribution in [2.45, 2.75) is 46.0 Å². The number of carbonyl (C=O) groups is 1. The molecule has 0 spiro atoms. The molecule has 2 heterocycles. The lowest BCUT2D eigenvalue weighted by atomic mass is 10.2. The lowest BCUT2D eigenvalue weighted by Crippen LogP contribution is -2.51. The Bertz CT molecular complexity index is 1030. The van der Waals surface area contributed by atoms with Gasteiger partial charge >= 0.3 is 6.03 Å². The topological polar surface area (TPSA) is 98.3 Å². The zero-order valence-electron chi connectivity index (χ0n) is 17.8. The maximum atomic E-state index is 12.3. The predicted molar refractivity (Wildman–Crippen MR) is 119 cm³/mol. The van der Waals surface area contributed by atoms with Crippen LogP contribution in [0.1, 0.15) is 18.7 Å². The number of urea groups is 1. The number of carbonyl (C=O) groups excluding carboxylic acids is 1. The van der Waals surface area contributed by atoms with E-state index in [1.165, 1.54) is 12.2 Å². The molecule has 8 nitrogen and oxygen atoms in total. The minimum Gasteiger partial charge on any atom is -0.382 e. The number of benzene rings is 1. The Morgan fingerprint density at radius 1 is 1.24 bits per heavy atom. The van der Waals surface area contributed by atoms with Crippen LogP contribution in [0.4, 0.5) is 10.6 Å². The van der Waals surface area contributed by atoms with E-state index in [4.69, 9.17) is 10.6 Å². The van der Waals surface area contributed by atoms with E-state index in [9.17, 15) is 4.79 Å². The zero-order chi connectivity index (χ0) is 21.2. The number of aromatic nitrogens is 3. The van der Waals surface area contributed by atoms with E-state index in [-0.39, 0.29) is 6.03 Å². The van der Waals surface area contributed by atoms with Crippen LogP contribution in [0.15, 0.2) is 24.3 Å². The average Bonchev–Trinajstić information content (AvgIpc) is 2.97. The number of para-hydroxylation sites is 1. The molecule has 0 atom stereocenters. The van der Waals surface area contributed by atoms with Gasteiger partial charge in [-0.25, -0.2) is 19.8 Å². The van der Waals surface area contributed by atoms with Gasteiger partial charge in [0.1, 0.15) is 19.6 Å². The number of imidazole rings is 1. The van der Waals surface area contributed by atoms with Crippen LogP contribution in [0.3, 0.4) is 0 Å². The standard InChI is InChI=1S/C20H30N6O2Si/c1-14-22-17-18(15-10-6-7-11-16(15)23-19(17)21)25(14)12-8-9-13-26(28-2)20(27)24-29(3,4)5/h6-7,10-11H,8-9,12-13H2,1-5H3,(H2,21,23)(H,24,27). The van der Waals surface area contributed by atoms with Crippen LogP contribution in [0, 0.1) is 6.92 Å². The van der Waals surface area contributed by atoms with E-state index in [2.05, 4.69) is 45.2 Å². The second kappa shape index (κ2) is 8.38. The van der Waals surface area contributed by atoms with Gasteiger partial charge in [-0.15, -0.1) is 0 Å². The Morgan fingerprint density at radius 2 is 1.97 bits per heavy atom. The van der Waals surface area contributed by atoms with Crippen molar-refractivity contribution in [3.05, 3.63) is 30.1 Å². The number of nitrogen functional groups attached to an aromatic ring is 1. The first kappa shape index (κ1) is 21.1. The van der Waals surface area contributed by atoms with Gasteiger partial charge < -0.3 is 15.3 Å². The molecule has 0 fully saturated rings. The molecule has 0 unspecified atom stereocenters. The number of rotatable bonds is 7. The number of unbranched alkanes of at least 4 members (excludes halogenated alkanes) is 1. The normalized spacial score (nSPS) is 11.9. The monoisotopic (exact) mass is 414 g/mol. The summed E-state index contributed by atoms with van der Waals surface area (Å²) >= 11 is 0. The van der Waals surface area contributed by atoms with E-state index in [1.54, 1.807) is 0 Å². The molecule has 3 N–H and O–H groups in total. The number of anilines is 1. The number of hydrogen-bond donors (Lipinski definition) is 2. The number of hydrogen-bond acceptors (Lipinski definition) is 5. The highest BCUT2D eigenvalue weighted by atomic mass is 28.3. The van der Waals surface area contributed by atoms with Gasteiger partial charge in [-0.05, 0) is 25.8 Å². The van der Waals surface area contributed by atoms with Crippen LogP contribution in [0.2, 0.25) is 19.6 Å². The highest BCUT2D eigenvalue weighted by Gasteiger charge is 2.21. The molecular formula is C20H30N6O2Si. The summed E-state index contributed by atoms with van der Waals surface area (Å²) in [6, 6.07) is 7.81. The van der Waals surface area contributed by atoms with Crippen molar-refractivity contribution in [1.82, 2.24) is 24.6 Å². The third-order valence-electron chi connectivity index (χ3n) is 4.72. The van der Waals surface area contributed by atoms with Crippen molar-refractivity contribution in [1.29, 1.82) is 0 Å². The first-order chi connectivity index (χ1) is 13.7. The molecule has 0 aliphatic rings. The molecular weight excluding hydrogens is 384 g/mol. The lowest BCUT2D eigenvalue weighted by molar-refractivity contribution is -0.0855. The van der Waals surface area contributed by atoms with Crippen molar-refractivity contribution in [3.8, 4) is 0 Å². The summed E-state index contributed by atoms with van der Waals surface area (Å²) in [5, 5.41) is 2.44. The van der Waals surface area contributed by atoms with E-state index in [0.29, 0.717) is 12.4 Å². The van der Waals surface area contributed by atoms with E-state index in [0.717, 1.165) is 47.1 Å². The van der Waals surface area contributed by atoms with Crippen LogP contribution in [-0.2, 0) is 11.4 Å². The van der Waals surface area contributed by atoms with Gasteiger partial charge in [0, 0.05) is 11.9 Å². The largest absolute Gasteiger partial charge is 0.382 e. The van der Waals surface area contributed by atoms with Crippen molar-refractivity contribution in [3.63, 3.8) is 0 Å². The van der Waals surface area contributed by atoms with Crippen molar-refractivity contribution in [2.24, 2.45) is 0 Å². The van der Waals surface area contributed by atoms with E-state index in [1.807, 2.05) is 25.1 Å². The number of fused-ring (bicyclic) bond motifs is 3. The maximum Gasteiger partial charge on any atom is 0.333 e. The molecule has 0 aliphatic carbocycles. The highest BCUT2D eigenvalue weighted by molar-refractivity contribution is 6.75. The van der Waals surface area contributed by atoms with Gasteiger partial charge in [0.15, 0.2) is 5.82 Å². The Balaban J connectivity index is 1.73. The van der Waals surface area contributed by atoms with Crippen molar-refractivity contribution >= 4 is 42.0 Å². The summed E-state index contributed by atoms with van der Waals surface area (Å²) < 4.78 is 2.19. The van der Waals surface area contributed by atoms with Gasteiger partial charge in [0.05, 0.1) is 24.7 Å². The highest BCUT2D eigenvalue weighted by Crippen LogP contribution is 2.28. The Labute approximate surface area is 172 Å². The number of hydroxylamine groups is 2. The number of amides is 2. The molecule has 0 saturated carbocycles. The molecule has 0 bridgehead atoms. The zero-order valence-corrected chi connectivity index (χ0v) is 18.8. The summed E-state index contributed by atoms with van der Waals surface area (Å²) in [5.41, 5.74) is 8.78. The number of nitrogens with zero attached hydrogens (tertiary/aromatic N) is 4. The summed E-state index contributed by atoms with van der Waals surface area (Å²) in [7, 11) is -0.184. The number of aryl methyl sites for hydroxylation is 2. The summed E-state index contributed by atoms with van der Waals surface area (Å²) in [6.07, 6.45) is 1.69. The van der Waals surface area contributed by atoms with E-state index < -0.39 is 8.24 Å². The van der Waals surface area contributed by atoms with Gasteiger partial charge in [-0.1, -0.05) is 37.8 Å². The number of nitrogens with one attached hydrogen (secondary N) is 1. The third kappa shape index (κ3) is 4.68. The molecule has 1 aromatic carbocycles. The molecule has 2 amide bonds. The van der Waals surface area contributed by atoms with Gasteiger partial charge in [0.25, 0.3) is 0 Å². The first-order valence-corrected chi connectivity index (χ1v) is 13.4. The molecule has 29 heavy (non-hydrogen) atoms. The average molecular weight is 415 g/mol. The van der Waals surface area contributed by atoms with Crippen LogP contribution in [0.5, 0.6) is 0 Å². The molecule has 9 heteroatoms. The predicted octanol–water partition coefficient (Wildman–Crippen LogP) is 3.66. The van der Waals surface area contributed by atoms with Gasteiger partial charge in [0.2, 0.25) is 0 Å². The minimum atomic E-state index is -1.71. The molecule has 2 aromatic heterocycles. The van der Waals surface area contributed by atoms with Crippen LogP contribution >= 0.6 is 0 Å². The number of nitrogens with two attached hydrogens (primary N) is 1. The second-order valence-corrected chi connectivity index (χ2v) is 12.9. The first-order valence-electron chi connectivity index (χ1n) is 9.86. The fourth-order valence-electron chi connectivity index (χ4n) is 3.43. The fourth-order valence-corrected chi connectivity index (χ4v) is 4.19. The smallest absolute Gasteiger partial charge is 0.333 e. The SMILES string of the molecule is CON(CCCCn1c(C)nc2c(N)nc3ccccc3c21)C(=O)N[Si](C)(C)C. The van der Waals surface area contributed by atoms with Crippen molar-refractivity contribution in [2.75, 3.05) is 19.4 Å². The van der Waals surface area contributed by atoms with Gasteiger partial charge in [-0.3, -0.25) is 4.84 Å². The van der Waals surface area contributed by atoms with Crippen LogP contribution in [0.25, 0.3) is 21.9 Å². The summed E-state index contributed by atoms with van der Waals surface area (Å²) in [5.74, 6) is 1.36. The molecule has 0 saturated heterocycles. The summed E-state index contributed by atoms with van der Waals surface area (Å²) in [6.45, 7) is 9.53. The molecule has 3 aromatic rings.